The first-order valence-electron chi connectivity index (χ1n) is 13.7. The predicted molar refractivity (Wildman–Crippen MR) is 153 cm³/mol. The molecule has 0 fully saturated rings. The molecule has 210 valence electrons. The number of aromatic nitrogens is 3. The van der Waals surface area contributed by atoms with E-state index in [1.165, 1.54) is 0 Å². The zero-order valence-corrected chi connectivity index (χ0v) is 24.0. The van der Waals surface area contributed by atoms with Crippen LogP contribution in [0.25, 0.3) is 22.0 Å². The molecule has 5 rings (SSSR count). The van der Waals surface area contributed by atoms with E-state index in [-0.39, 0.29) is 12.4 Å². The summed E-state index contributed by atoms with van der Waals surface area (Å²) in [7, 11) is 3.60. The van der Waals surface area contributed by atoms with Crippen LogP contribution in [0.5, 0.6) is 5.75 Å². The molecule has 8 heteroatoms. The molecule has 0 aliphatic carbocycles. The molecule has 2 aromatic heterocycles. The third kappa shape index (κ3) is 4.95. The Morgan fingerprint density at radius 1 is 1.23 bits per heavy atom. The molecule has 1 unspecified atom stereocenters. The van der Waals surface area contributed by atoms with Gasteiger partial charge in [0, 0.05) is 61.5 Å². The topological polar surface area (TPSA) is 64.2 Å². The number of nitrogens with one attached hydrogen (secondary N) is 1. The first kappa shape index (κ1) is 27.7. The Morgan fingerprint density at radius 2 is 2.00 bits per heavy atom. The Morgan fingerprint density at radius 3 is 2.73 bits per heavy atom. The molecule has 0 spiro atoms. The fourth-order valence-corrected chi connectivity index (χ4v) is 5.49. The van der Waals surface area contributed by atoms with E-state index in [4.69, 9.17) is 4.74 Å². The monoisotopic (exact) mass is 546 g/mol. The van der Waals surface area contributed by atoms with Crippen molar-refractivity contribution in [1.29, 1.82) is 0 Å². The van der Waals surface area contributed by atoms with Crippen LogP contribution in [0.4, 0.5) is 8.78 Å². The van der Waals surface area contributed by atoms with Crippen molar-refractivity contribution in [2.75, 3.05) is 13.7 Å². The zero-order valence-electron chi connectivity index (χ0n) is 24.0. The van der Waals surface area contributed by atoms with E-state index in [9.17, 15) is 9.50 Å². The highest BCUT2D eigenvalue weighted by Crippen LogP contribution is 2.40. The second kappa shape index (κ2) is 10.6. The van der Waals surface area contributed by atoms with Gasteiger partial charge in [0.2, 0.25) is 5.82 Å². The fraction of sp³-hybridized carbons (Fsp3) is 0.406. The van der Waals surface area contributed by atoms with Crippen molar-refractivity contribution in [1.82, 2.24) is 19.7 Å². The quantitative estimate of drug-likeness (QED) is 0.237. The summed E-state index contributed by atoms with van der Waals surface area (Å²) < 4.78 is 39.7. The number of hydrogen-bond donors (Lipinski definition) is 2. The normalized spacial score (nSPS) is 13.7. The van der Waals surface area contributed by atoms with Gasteiger partial charge in [0.05, 0.1) is 23.4 Å². The van der Waals surface area contributed by atoms with E-state index >= 15 is 4.39 Å². The molecular weight excluding hydrogens is 510 g/mol. The standard InChI is InChI=1S/C32H36F2N4O2/c1-19-23(28(36-37(19)6)31(39)32(2,3)4)12-15-40-30-24(9-10-26(33)27(30)34)22-16-20-8-7-14-38-18-21(11-13-35-5)25(17-22)29(20)38/h9-10,16-18,31,35,39H,7-8,12,14-15H2,1-6H3. The number of aryl methyl sites for hydroxylation is 3. The molecule has 0 bridgehead atoms. The summed E-state index contributed by atoms with van der Waals surface area (Å²) in [5.74, 6) is 1.07. The average Bonchev–Trinajstić information content (AvgIpc) is 3.41. The summed E-state index contributed by atoms with van der Waals surface area (Å²) in [5.41, 5.74) is 6.33. The van der Waals surface area contributed by atoms with Crippen LogP contribution < -0.4 is 10.1 Å². The second-order valence-electron chi connectivity index (χ2n) is 11.5. The molecule has 2 N–H and O–H groups in total. The van der Waals surface area contributed by atoms with Crippen molar-refractivity contribution in [3.63, 3.8) is 0 Å². The Kier molecular flexibility index (Phi) is 7.36. The lowest BCUT2D eigenvalue weighted by Gasteiger charge is -2.25. The zero-order chi connectivity index (χ0) is 28.8. The summed E-state index contributed by atoms with van der Waals surface area (Å²) >= 11 is 0. The molecule has 4 aromatic rings. The highest BCUT2D eigenvalue weighted by molar-refractivity contribution is 5.94. The number of halogens is 2. The van der Waals surface area contributed by atoms with Gasteiger partial charge in [0.15, 0.2) is 11.6 Å². The number of aliphatic hydroxyl groups is 1. The van der Waals surface area contributed by atoms with Gasteiger partial charge in [-0.05, 0) is 66.5 Å². The maximum absolute atomic E-state index is 15.3. The first-order valence-corrected chi connectivity index (χ1v) is 13.7. The molecule has 40 heavy (non-hydrogen) atoms. The molecule has 0 saturated carbocycles. The highest BCUT2D eigenvalue weighted by Gasteiger charge is 2.30. The van der Waals surface area contributed by atoms with Crippen molar-refractivity contribution in [3.05, 3.63) is 70.2 Å². The molecule has 6 nitrogen and oxygen atoms in total. The summed E-state index contributed by atoms with van der Waals surface area (Å²) in [6, 6.07) is 9.68. The molecule has 0 amide bonds. The highest BCUT2D eigenvalue weighted by atomic mass is 19.2. The van der Waals surface area contributed by atoms with Crippen molar-refractivity contribution < 1.29 is 18.6 Å². The number of ether oxygens (including phenoxy) is 1. The third-order valence-corrected chi connectivity index (χ3v) is 7.75. The lowest BCUT2D eigenvalue weighted by molar-refractivity contribution is 0.0575. The molecule has 1 aliphatic heterocycles. The van der Waals surface area contributed by atoms with Gasteiger partial charge in [0.1, 0.15) is 6.10 Å². The number of hydrogen-bond acceptors (Lipinski definition) is 4. The number of benzene rings is 2. The van der Waals surface area contributed by atoms with Gasteiger partial charge >= 0.3 is 0 Å². The lowest BCUT2D eigenvalue weighted by Crippen LogP contribution is -2.20. The van der Waals surface area contributed by atoms with Crippen LogP contribution in [0.2, 0.25) is 0 Å². The van der Waals surface area contributed by atoms with Crippen LogP contribution in [0.1, 0.15) is 61.4 Å². The van der Waals surface area contributed by atoms with E-state index in [2.05, 4.69) is 39.2 Å². The molecule has 3 heterocycles. The minimum Gasteiger partial charge on any atom is -0.489 e. The van der Waals surface area contributed by atoms with Crippen molar-refractivity contribution in [2.24, 2.45) is 12.5 Å². The smallest absolute Gasteiger partial charge is 0.201 e. The molecular formula is C32H36F2N4O2. The third-order valence-electron chi connectivity index (χ3n) is 7.75. The van der Waals surface area contributed by atoms with Crippen molar-refractivity contribution >= 4 is 10.9 Å². The van der Waals surface area contributed by atoms with Crippen LogP contribution in [0.15, 0.2) is 30.5 Å². The maximum Gasteiger partial charge on any atom is 0.201 e. The Hall–Kier alpha value is -3.83. The van der Waals surface area contributed by atoms with Gasteiger partial charge in [-0.25, -0.2) is 4.39 Å². The first-order chi connectivity index (χ1) is 19.0. The molecule has 2 aromatic carbocycles. The molecule has 1 atom stereocenters. The van der Waals surface area contributed by atoms with Gasteiger partial charge in [-0.2, -0.15) is 9.49 Å². The summed E-state index contributed by atoms with van der Waals surface area (Å²) in [6.45, 7) is 8.79. The predicted octanol–water partition coefficient (Wildman–Crippen LogP) is 5.80. The van der Waals surface area contributed by atoms with E-state index in [0.29, 0.717) is 17.7 Å². The summed E-state index contributed by atoms with van der Waals surface area (Å²) in [4.78, 5) is 0. The average molecular weight is 547 g/mol. The summed E-state index contributed by atoms with van der Waals surface area (Å²) in [5, 5.41) is 19.3. The minimum atomic E-state index is -1.02. The number of rotatable bonds is 6. The minimum absolute atomic E-state index is 0.0914. The van der Waals surface area contributed by atoms with Crippen LogP contribution in [0.3, 0.4) is 0 Å². The van der Waals surface area contributed by atoms with Crippen molar-refractivity contribution in [3.8, 4) is 28.8 Å². The Balaban J connectivity index is 1.52. The van der Waals surface area contributed by atoms with Crippen LogP contribution in [-0.4, -0.2) is 33.1 Å². The molecule has 1 aliphatic rings. The number of nitrogens with zero attached hydrogens (tertiary/aromatic N) is 3. The summed E-state index contributed by atoms with van der Waals surface area (Å²) in [6.07, 6.45) is 3.55. The Bertz CT molecular complexity index is 1650. The Labute approximate surface area is 234 Å². The molecule has 0 saturated heterocycles. The van der Waals surface area contributed by atoms with Crippen LogP contribution in [-0.2, 0) is 26.4 Å². The second-order valence-corrected chi connectivity index (χ2v) is 11.5. The van der Waals surface area contributed by atoms with Gasteiger partial charge in [0.25, 0.3) is 0 Å². The fourth-order valence-electron chi connectivity index (χ4n) is 5.49. The van der Waals surface area contributed by atoms with Crippen LogP contribution in [0, 0.1) is 35.9 Å². The molecule has 0 radical (unpaired) electrons. The lowest BCUT2D eigenvalue weighted by atomic mass is 9.85. The van der Waals surface area contributed by atoms with E-state index in [1.54, 1.807) is 17.8 Å². The van der Waals surface area contributed by atoms with Gasteiger partial charge in [-0.15, -0.1) is 0 Å². The van der Waals surface area contributed by atoms with E-state index < -0.39 is 23.2 Å². The SMILES string of the molecule is CNC#Cc1cn2c3c(cc(-c4ccc(F)c(F)c4OCCc4c(C(O)C(C)(C)C)nn(C)c4C)cc13)CCC2. The number of aliphatic hydroxyl groups excluding tert-OH is 1. The van der Waals surface area contributed by atoms with E-state index in [1.807, 2.05) is 40.8 Å². The van der Waals surface area contributed by atoms with Gasteiger partial charge in [-0.3, -0.25) is 4.68 Å². The largest absolute Gasteiger partial charge is 0.489 e. The van der Waals surface area contributed by atoms with E-state index in [0.717, 1.165) is 64.3 Å². The maximum atomic E-state index is 15.3. The van der Waals surface area contributed by atoms with Gasteiger partial charge in [-0.1, -0.05) is 20.8 Å². The van der Waals surface area contributed by atoms with Crippen molar-refractivity contribution in [2.45, 2.75) is 59.6 Å². The van der Waals surface area contributed by atoms with Crippen LogP contribution >= 0.6 is 0 Å². The van der Waals surface area contributed by atoms with Gasteiger partial charge < -0.3 is 19.7 Å².